The molecule has 1 rings (SSSR count). The number of nitrogens with two attached hydrogens (primary N) is 1. The summed E-state index contributed by atoms with van der Waals surface area (Å²) in [6, 6.07) is 3.56. The van der Waals surface area contributed by atoms with Crippen molar-refractivity contribution in [2.75, 3.05) is 11.1 Å². The quantitative estimate of drug-likeness (QED) is 0.699. The largest absolute Gasteiger partial charge is 0.478 e. The van der Waals surface area contributed by atoms with Crippen LogP contribution in [-0.4, -0.2) is 17.1 Å². The van der Waals surface area contributed by atoms with E-state index in [1.54, 1.807) is 12.1 Å². The number of aromatic carboxylic acids is 1. The number of carboxylic acid groups (broad SMARTS) is 1. The van der Waals surface area contributed by atoms with Crippen LogP contribution in [0.25, 0.3) is 0 Å². The van der Waals surface area contributed by atoms with E-state index in [1.165, 1.54) is 0 Å². The fraction of sp³-hybridized carbons (Fsp3) is 0.462. The lowest BCUT2D eigenvalue weighted by atomic mass is 10.1. The van der Waals surface area contributed by atoms with E-state index in [0.29, 0.717) is 6.04 Å². The Bertz CT molecular complexity index is 435. The van der Waals surface area contributed by atoms with Crippen LogP contribution in [0, 0.1) is 0 Å². The summed E-state index contributed by atoms with van der Waals surface area (Å²) in [5, 5.41) is 12.4. The first-order valence-electron chi connectivity index (χ1n) is 6.08. The second-order valence-corrected chi connectivity index (χ2v) is 5.12. The zero-order valence-electron chi connectivity index (χ0n) is 10.7. The van der Waals surface area contributed by atoms with Gasteiger partial charge in [0.2, 0.25) is 0 Å². The highest BCUT2D eigenvalue weighted by Gasteiger charge is 2.14. The van der Waals surface area contributed by atoms with Crippen LogP contribution in [0.4, 0.5) is 11.4 Å². The summed E-state index contributed by atoms with van der Waals surface area (Å²) >= 11 is 3.40. The summed E-state index contributed by atoms with van der Waals surface area (Å²) in [7, 11) is 0. The third-order valence-corrected chi connectivity index (χ3v) is 3.52. The predicted molar refractivity (Wildman–Crippen MR) is 78.1 cm³/mol. The summed E-state index contributed by atoms with van der Waals surface area (Å²) in [5.74, 6) is -1.01. The van der Waals surface area contributed by atoms with Crippen LogP contribution in [0.5, 0.6) is 0 Å². The van der Waals surface area contributed by atoms with Crippen LogP contribution >= 0.6 is 15.9 Å². The van der Waals surface area contributed by atoms with Crippen molar-refractivity contribution in [1.82, 2.24) is 0 Å². The van der Waals surface area contributed by atoms with Crippen molar-refractivity contribution in [3.63, 3.8) is 0 Å². The average Bonchev–Trinajstić information content (AvgIpc) is 2.31. The van der Waals surface area contributed by atoms with E-state index >= 15 is 0 Å². The molecule has 0 saturated carbocycles. The average molecular weight is 315 g/mol. The third kappa shape index (κ3) is 3.63. The zero-order valence-corrected chi connectivity index (χ0v) is 12.3. The molecule has 0 bridgehead atoms. The number of halogens is 1. The molecule has 1 unspecified atom stereocenters. The minimum Gasteiger partial charge on any atom is -0.478 e. The number of hydrogen-bond acceptors (Lipinski definition) is 3. The molecule has 0 saturated heterocycles. The molecule has 0 spiro atoms. The number of benzene rings is 1. The van der Waals surface area contributed by atoms with Crippen LogP contribution < -0.4 is 11.1 Å². The number of hydrogen-bond donors (Lipinski definition) is 3. The Hall–Kier alpha value is -1.23. The van der Waals surface area contributed by atoms with Crippen molar-refractivity contribution in [2.24, 2.45) is 0 Å². The molecule has 100 valence electrons. The second kappa shape index (κ2) is 6.64. The van der Waals surface area contributed by atoms with Gasteiger partial charge >= 0.3 is 5.97 Å². The molecule has 0 heterocycles. The van der Waals surface area contributed by atoms with Gasteiger partial charge in [-0.2, -0.15) is 0 Å². The topological polar surface area (TPSA) is 75.3 Å². The Labute approximate surface area is 116 Å². The minimum absolute atomic E-state index is 0.132. The van der Waals surface area contributed by atoms with Crippen LogP contribution in [-0.2, 0) is 0 Å². The van der Waals surface area contributed by atoms with E-state index in [1.807, 2.05) is 0 Å². The SMILES string of the molecule is CCCC(CC)Nc1cc(C(=O)O)c(N)cc1Br. The highest BCUT2D eigenvalue weighted by molar-refractivity contribution is 9.10. The van der Waals surface area contributed by atoms with E-state index in [2.05, 4.69) is 35.1 Å². The van der Waals surface area contributed by atoms with Crippen LogP contribution in [0.1, 0.15) is 43.5 Å². The van der Waals surface area contributed by atoms with Gasteiger partial charge in [0.15, 0.2) is 0 Å². The standard InChI is InChI=1S/C13H19BrN2O2/c1-3-5-8(4-2)16-12-6-9(13(17)18)11(15)7-10(12)14/h6-8,16H,3-5,15H2,1-2H3,(H,17,18). The normalized spacial score (nSPS) is 12.2. The molecule has 0 aliphatic heterocycles. The van der Waals surface area contributed by atoms with Gasteiger partial charge < -0.3 is 16.2 Å². The van der Waals surface area contributed by atoms with Gasteiger partial charge in [0.1, 0.15) is 0 Å². The van der Waals surface area contributed by atoms with Gasteiger partial charge in [-0.25, -0.2) is 4.79 Å². The molecule has 0 aromatic heterocycles. The van der Waals surface area contributed by atoms with E-state index in [0.717, 1.165) is 29.4 Å². The Kier molecular flexibility index (Phi) is 5.47. The first-order valence-corrected chi connectivity index (χ1v) is 6.87. The molecule has 4 N–H and O–H groups in total. The van der Waals surface area contributed by atoms with Gasteiger partial charge in [-0.1, -0.05) is 20.3 Å². The van der Waals surface area contributed by atoms with Crippen molar-refractivity contribution in [3.8, 4) is 0 Å². The molecule has 1 aromatic carbocycles. The summed E-state index contributed by atoms with van der Waals surface area (Å²) in [5.41, 5.74) is 6.85. The summed E-state index contributed by atoms with van der Waals surface area (Å²) < 4.78 is 0.791. The lowest BCUT2D eigenvalue weighted by molar-refractivity contribution is 0.0698. The van der Waals surface area contributed by atoms with Crippen molar-refractivity contribution in [1.29, 1.82) is 0 Å². The Morgan fingerprint density at radius 1 is 1.50 bits per heavy atom. The number of rotatable bonds is 6. The lowest BCUT2D eigenvalue weighted by Gasteiger charge is -2.19. The number of anilines is 2. The Morgan fingerprint density at radius 3 is 2.67 bits per heavy atom. The molecule has 0 radical (unpaired) electrons. The van der Waals surface area contributed by atoms with E-state index in [4.69, 9.17) is 10.8 Å². The summed E-state index contributed by atoms with van der Waals surface area (Å²) in [6.07, 6.45) is 3.13. The van der Waals surface area contributed by atoms with Crippen molar-refractivity contribution in [3.05, 3.63) is 22.2 Å². The molecule has 4 nitrogen and oxygen atoms in total. The smallest absolute Gasteiger partial charge is 0.337 e. The van der Waals surface area contributed by atoms with Crippen molar-refractivity contribution >= 4 is 33.3 Å². The fourth-order valence-electron chi connectivity index (χ4n) is 1.83. The van der Waals surface area contributed by atoms with Crippen LogP contribution in [0.15, 0.2) is 16.6 Å². The van der Waals surface area contributed by atoms with Gasteiger partial charge in [0, 0.05) is 21.9 Å². The second-order valence-electron chi connectivity index (χ2n) is 4.26. The van der Waals surface area contributed by atoms with Crippen molar-refractivity contribution in [2.45, 2.75) is 39.2 Å². The van der Waals surface area contributed by atoms with Gasteiger partial charge in [0.25, 0.3) is 0 Å². The van der Waals surface area contributed by atoms with E-state index < -0.39 is 5.97 Å². The number of nitrogen functional groups attached to an aromatic ring is 1. The van der Waals surface area contributed by atoms with Gasteiger partial charge in [-0.15, -0.1) is 0 Å². The maximum atomic E-state index is 11.0. The van der Waals surface area contributed by atoms with Crippen molar-refractivity contribution < 1.29 is 9.90 Å². The molecule has 18 heavy (non-hydrogen) atoms. The molecule has 0 aliphatic rings. The van der Waals surface area contributed by atoms with E-state index in [9.17, 15) is 4.79 Å². The fourth-order valence-corrected chi connectivity index (χ4v) is 2.31. The molecule has 0 amide bonds. The van der Waals surface area contributed by atoms with Crippen LogP contribution in [0.2, 0.25) is 0 Å². The minimum atomic E-state index is -1.01. The monoisotopic (exact) mass is 314 g/mol. The Morgan fingerprint density at radius 2 is 2.17 bits per heavy atom. The maximum Gasteiger partial charge on any atom is 0.337 e. The molecule has 1 aromatic rings. The summed E-state index contributed by atoms with van der Waals surface area (Å²) in [6.45, 7) is 4.24. The predicted octanol–water partition coefficient (Wildman–Crippen LogP) is 3.72. The van der Waals surface area contributed by atoms with Gasteiger partial charge in [-0.05, 0) is 40.9 Å². The zero-order chi connectivity index (χ0) is 13.7. The maximum absolute atomic E-state index is 11.0. The molecule has 5 heteroatoms. The third-order valence-electron chi connectivity index (χ3n) is 2.86. The molecule has 0 aliphatic carbocycles. The number of nitrogens with one attached hydrogen (secondary N) is 1. The number of carbonyl (C=O) groups is 1. The van der Waals surface area contributed by atoms with Crippen LogP contribution in [0.3, 0.4) is 0 Å². The molecular weight excluding hydrogens is 296 g/mol. The molecule has 0 fully saturated rings. The Balaban J connectivity index is 3.01. The molecule has 1 atom stereocenters. The summed E-state index contributed by atoms with van der Waals surface area (Å²) in [4.78, 5) is 11.0. The highest BCUT2D eigenvalue weighted by Crippen LogP contribution is 2.29. The lowest BCUT2D eigenvalue weighted by Crippen LogP contribution is -2.18. The highest BCUT2D eigenvalue weighted by atomic mass is 79.9. The van der Waals surface area contributed by atoms with E-state index in [-0.39, 0.29) is 11.3 Å². The van der Waals surface area contributed by atoms with Gasteiger partial charge in [-0.3, -0.25) is 0 Å². The number of carboxylic acids is 1. The molecular formula is C13H19BrN2O2. The first-order chi connectivity index (χ1) is 8.49. The van der Waals surface area contributed by atoms with Gasteiger partial charge in [0.05, 0.1) is 5.56 Å². The first kappa shape index (κ1) is 14.8.